The van der Waals surface area contributed by atoms with E-state index < -0.39 is 6.09 Å². The molecule has 2 aromatic rings. The number of ether oxygens (including phenoxy) is 1. The summed E-state index contributed by atoms with van der Waals surface area (Å²) >= 11 is 6.59. The Morgan fingerprint density at radius 1 is 1.17 bits per heavy atom. The third-order valence-electron chi connectivity index (χ3n) is 2.91. The van der Waals surface area contributed by atoms with E-state index in [1.54, 1.807) is 12.2 Å². The molecule has 0 saturated carbocycles. The zero-order valence-corrected chi connectivity index (χ0v) is 15.2. The zero-order valence-electron chi connectivity index (χ0n) is 12.1. The molecule has 0 atom stereocenters. The first-order valence-corrected chi connectivity index (χ1v) is 8.40. The molecule has 2 aromatic carbocycles. The number of rotatable bonds is 5. The van der Waals surface area contributed by atoms with Gasteiger partial charge in [0.2, 0.25) is 0 Å². The number of nitrogens with one attached hydrogen (secondary N) is 1. The van der Waals surface area contributed by atoms with Crippen LogP contribution in [-0.2, 0) is 11.3 Å². The predicted octanol–water partition coefficient (Wildman–Crippen LogP) is 5.29. The standard InChI is InChI=1S/C17H14Br2FNO2/c18-15-9-13(20)10-16(19)14(15)7-4-8-21-17(22)23-11-12-5-2-1-3-6-12/h1-7,9-10H,8,11H2,(H,21,22). The van der Waals surface area contributed by atoms with Gasteiger partial charge in [0.1, 0.15) is 12.4 Å². The van der Waals surface area contributed by atoms with Crippen LogP contribution in [0.1, 0.15) is 11.1 Å². The summed E-state index contributed by atoms with van der Waals surface area (Å²) < 4.78 is 19.5. The van der Waals surface area contributed by atoms with E-state index in [-0.39, 0.29) is 12.4 Å². The van der Waals surface area contributed by atoms with Crippen LogP contribution in [0.25, 0.3) is 6.08 Å². The molecular weight excluding hydrogens is 429 g/mol. The molecule has 0 aliphatic rings. The molecule has 0 unspecified atom stereocenters. The van der Waals surface area contributed by atoms with Gasteiger partial charge in [0.15, 0.2) is 0 Å². The van der Waals surface area contributed by atoms with Gasteiger partial charge in [-0.2, -0.15) is 0 Å². The Hall–Kier alpha value is -1.66. The lowest BCUT2D eigenvalue weighted by Crippen LogP contribution is -2.24. The summed E-state index contributed by atoms with van der Waals surface area (Å²) in [5, 5.41) is 2.62. The van der Waals surface area contributed by atoms with Crippen LogP contribution in [0.5, 0.6) is 0 Å². The van der Waals surface area contributed by atoms with E-state index in [1.165, 1.54) is 12.1 Å². The topological polar surface area (TPSA) is 38.3 Å². The fraction of sp³-hybridized carbons (Fsp3) is 0.118. The third kappa shape index (κ3) is 5.80. The van der Waals surface area contributed by atoms with Crippen LogP contribution < -0.4 is 5.32 Å². The Balaban J connectivity index is 1.79. The maximum atomic E-state index is 13.2. The lowest BCUT2D eigenvalue weighted by atomic mass is 10.2. The fourth-order valence-electron chi connectivity index (χ4n) is 1.81. The molecule has 0 radical (unpaired) electrons. The largest absolute Gasteiger partial charge is 0.445 e. The summed E-state index contributed by atoms with van der Waals surface area (Å²) in [5.74, 6) is -0.330. The first kappa shape index (κ1) is 17.7. The second-order valence-electron chi connectivity index (χ2n) is 4.63. The van der Waals surface area contributed by atoms with Crippen molar-refractivity contribution in [2.45, 2.75) is 6.61 Å². The summed E-state index contributed by atoms with van der Waals surface area (Å²) in [6.45, 7) is 0.537. The first-order chi connectivity index (χ1) is 11.1. The molecule has 3 nitrogen and oxygen atoms in total. The molecule has 0 spiro atoms. The molecule has 1 amide bonds. The average molecular weight is 443 g/mol. The van der Waals surface area contributed by atoms with Gasteiger partial charge in [-0.3, -0.25) is 0 Å². The summed E-state index contributed by atoms with van der Waals surface area (Å²) in [6.07, 6.45) is 3.05. The number of carbonyl (C=O) groups excluding carboxylic acids is 1. The van der Waals surface area contributed by atoms with Crippen molar-refractivity contribution in [3.63, 3.8) is 0 Å². The second kappa shape index (κ2) is 8.84. The van der Waals surface area contributed by atoms with Crippen molar-refractivity contribution in [2.24, 2.45) is 0 Å². The minimum absolute atomic E-state index is 0.228. The third-order valence-corrected chi connectivity index (χ3v) is 4.22. The molecular formula is C17H14Br2FNO2. The number of hydrogen-bond donors (Lipinski definition) is 1. The summed E-state index contributed by atoms with van der Waals surface area (Å²) in [4.78, 5) is 11.6. The van der Waals surface area contributed by atoms with Crippen molar-refractivity contribution in [1.82, 2.24) is 5.32 Å². The monoisotopic (exact) mass is 441 g/mol. The maximum absolute atomic E-state index is 13.2. The summed E-state index contributed by atoms with van der Waals surface area (Å²) in [5.41, 5.74) is 1.73. The average Bonchev–Trinajstić information content (AvgIpc) is 2.52. The Morgan fingerprint density at radius 2 is 1.83 bits per heavy atom. The highest BCUT2D eigenvalue weighted by Crippen LogP contribution is 2.27. The van der Waals surface area contributed by atoms with E-state index in [0.717, 1.165) is 11.1 Å². The molecule has 0 aromatic heterocycles. The molecule has 23 heavy (non-hydrogen) atoms. The van der Waals surface area contributed by atoms with Crippen LogP contribution in [0.2, 0.25) is 0 Å². The van der Waals surface area contributed by atoms with Crippen molar-refractivity contribution >= 4 is 44.0 Å². The molecule has 0 aliphatic heterocycles. The molecule has 0 saturated heterocycles. The number of halogens is 3. The van der Waals surface area contributed by atoms with Crippen molar-refractivity contribution in [3.05, 3.63) is 74.4 Å². The minimum atomic E-state index is -0.490. The Morgan fingerprint density at radius 3 is 2.48 bits per heavy atom. The predicted molar refractivity (Wildman–Crippen MR) is 95.5 cm³/mol. The highest BCUT2D eigenvalue weighted by atomic mass is 79.9. The number of alkyl carbamates (subject to hydrolysis) is 1. The molecule has 2 rings (SSSR count). The van der Waals surface area contributed by atoms with Crippen molar-refractivity contribution < 1.29 is 13.9 Å². The number of hydrogen-bond acceptors (Lipinski definition) is 2. The van der Waals surface area contributed by atoms with Gasteiger partial charge in [-0.05, 0) is 17.7 Å². The van der Waals surface area contributed by atoms with E-state index in [1.807, 2.05) is 30.3 Å². The van der Waals surface area contributed by atoms with Gasteiger partial charge in [0, 0.05) is 21.1 Å². The second-order valence-corrected chi connectivity index (χ2v) is 6.34. The quantitative estimate of drug-likeness (QED) is 0.683. The van der Waals surface area contributed by atoms with Crippen LogP contribution >= 0.6 is 31.9 Å². The van der Waals surface area contributed by atoms with E-state index in [4.69, 9.17) is 4.74 Å². The Bertz CT molecular complexity index is 682. The number of carbonyl (C=O) groups is 1. The van der Waals surface area contributed by atoms with Crippen LogP contribution in [0.15, 0.2) is 57.5 Å². The Kier molecular flexibility index (Phi) is 6.80. The molecule has 1 N–H and O–H groups in total. The van der Waals surface area contributed by atoms with Gasteiger partial charge in [-0.1, -0.05) is 74.3 Å². The van der Waals surface area contributed by atoms with E-state index in [2.05, 4.69) is 37.2 Å². The SMILES string of the molecule is O=C(NCC=Cc1c(Br)cc(F)cc1Br)OCc1ccccc1. The van der Waals surface area contributed by atoms with E-state index in [0.29, 0.717) is 15.5 Å². The number of amides is 1. The van der Waals surface area contributed by atoms with Crippen LogP contribution in [-0.4, -0.2) is 12.6 Å². The number of benzene rings is 2. The molecule has 6 heteroatoms. The van der Waals surface area contributed by atoms with Gasteiger partial charge in [-0.25, -0.2) is 9.18 Å². The van der Waals surface area contributed by atoms with Crippen LogP contribution in [0.3, 0.4) is 0 Å². The first-order valence-electron chi connectivity index (χ1n) is 6.82. The summed E-state index contributed by atoms with van der Waals surface area (Å²) in [7, 11) is 0. The van der Waals surface area contributed by atoms with E-state index >= 15 is 0 Å². The molecule has 0 fully saturated rings. The van der Waals surface area contributed by atoms with E-state index in [9.17, 15) is 9.18 Å². The molecule has 0 bridgehead atoms. The highest BCUT2D eigenvalue weighted by Gasteiger charge is 2.05. The molecule has 120 valence electrons. The van der Waals surface area contributed by atoms with Crippen LogP contribution in [0, 0.1) is 5.82 Å². The summed E-state index contributed by atoms with van der Waals surface area (Å²) in [6, 6.07) is 12.2. The van der Waals surface area contributed by atoms with Gasteiger partial charge < -0.3 is 10.1 Å². The molecule has 0 aliphatic carbocycles. The normalized spacial score (nSPS) is 10.7. The Labute approximate surface area is 150 Å². The smallest absolute Gasteiger partial charge is 0.407 e. The zero-order chi connectivity index (χ0) is 16.7. The maximum Gasteiger partial charge on any atom is 0.407 e. The lowest BCUT2D eigenvalue weighted by Gasteiger charge is -2.06. The molecule has 0 heterocycles. The minimum Gasteiger partial charge on any atom is -0.445 e. The van der Waals surface area contributed by atoms with Gasteiger partial charge in [-0.15, -0.1) is 0 Å². The fourth-order valence-corrected chi connectivity index (χ4v) is 3.20. The van der Waals surface area contributed by atoms with Crippen molar-refractivity contribution in [1.29, 1.82) is 0 Å². The van der Waals surface area contributed by atoms with Gasteiger partial charge in [0.05, 0.1) is 0 Å². The highest BCUT2D eigenvalue weighted by molar-refractivity contribution is 9.11. The van der Waals surface area contributed by atoms with Crippen molar-refractivity contribution in [2.75, 3.05) is 6.54 Å². The van der Waals surface area contributed by atoms with Crippen molar-refractivity contribution in [3.8, 4) is 0 Å². The van der Waals surface area contributed by atoms with Gasteiger partial charge >= 0.3 is 6.09 Å². The van der Waals surface area contributed by atoms with Crippen LogP contribution in [0.4, 0.5) is 9.18 Å². The lowest BCUT2D eigenvalue weighted by molar-refractivity contribution is 0.141. The van der Waals surface area contributed by atoms with Gasteiger partial charge in [0.25, 0.3) is 0 Å².